The van der Waals surface area contributed by atoms with Crippen LogP contribution in [0, 0.1) is 5.82 Å². The van der Waals surface area contributed by atoms with Gasteiger partial charge < -0.3 is 4.74 Å². The van der Waals surface area contributed by atoms with Crippen LogP contribution in [0.3, 0.4) is 0 Å². The van der Waals surface area contributed by atoms with Crippen molar-refractivity contribution in [1.29, 1.82) is 0 Å². The summed E-state index contributed by atoms with van der Waals surface area (Å²) >= 11 is 3.58. The number of hydrogen-bond donors (Lipinski definition) is 1. The molecule has 0 saturated carbocycles. The van der Waals surface area contributed by atoms with E-state index < -0.39 is 11.7 Å². The third-order valence-electron chi connectivity index (χ3n) is 4.08. The van der Waals surface area contributed by atoms with Crippen LogP contribution in [0.25, 0.3) is 0 Å². The third kappa shape index (κ3) is 4.45. The molecule has 1 aliphatic rings. The molecular weight excluding hydrogens is 387 g/mol. The molecule has 0 aromatic heterocycles. The average Bonchev–Trinajstić information content (AvgIpc) is 2.63. The number of fused-ring (bicyclic) bond motifs is 1. The average molecular weight is 405 g/mol. The predicted octanol–water partition coefficient (Wildman–Crippen LogP) is 4.00. The molecule has 4 nitrogen and oxygen atoms in total. The van der Waals surface area contributed by atoms with E-state index in [4.69, 9.17) is 4.74 Å². The van der Waals surface area contributed by atoms with Crippen molar-refractivity contribution in [2.45, 2.75) is 25.7 Å². The Kier molecular flexibility index (Phi) is 5.81. The zero-order chi connectivity index (χ0) is 17.6. The molecule has 0 aliphatic heterocycles. The maximum atomic E-state index is 13.4. The van der Waals surface area contributed by atoms with Crippen molar-refractivity contribution in [3.63, 3.8) is 0 Å². The van der Waals surface area contributed by atoms with Crippen molar-refractivity contribution in [2.75, 3.05) is 6.61 Å². The highest BCUT2D eigenvalue weighted by atomic mass is 79.9. The molecule has 2 aromatic carbocycles. The SMILES string of the molecule is O=C(COc1ccc2c(c1Br)CCCC2)N/N=C/c1ccccc1F. The fraction of sp³-hybridized carbons (Fsp3) is 0.263. The number of nitrogens with one attached hydrogen (secondary N) is 1. The minimum Gasteiger partial charge on any atom is -0.483 e. The summed E-state index contributed by atoms with van der Waals surface area (Å²) in [4.78, 5) is 11.8. The van der Waals surface area contributed by atoms with Crippen molar-refractivity contribution in [2.24, 2.45) is 5.10 Å². The van der Waals surface area contributed by atoms with Crippen LogP contribution in [0.15, 0.2) is 46.0 Å². The number of hydrazone groups is 1. The number of aryl methyl sites for hydroxylation is 1. The lowest BCUT2D eigenvalue weighted by Gasteiger charge is -2.19. The van der Waals surface area contributed by atoms with Crippen LogP contribution in [0.5, 0.6) is 5.75 Å². The van der Waals surface area contributed by atoms with E-state index in [1.54, 1.807) is 18.2 Å². The molecule has 130 valence electrons. The van der Waals surface area contributed by atoms with Gasteiger partial charge in [-0.1, -0.05) is 24.3 Å². The van der Waals surface area contributed by atoms with Crippen LogP contribution in [0.4, 0.5) is 4.39 Å². The Hall–Kier alpha value is -2.21. The number of benzene rings is 2. The molecule has 0 fully saturated rings. The molecule has 1 amide bonds. The lowest BCUT2D eigenvalue weighted by Crippen LogP contribution is -2.24. The molecule has 6 heteroatoms. The van der Waals surface area contributed by atoms with Gasteiger partial charge in [0.15, 0.2) is 6.61 Å². The summed E-state index contributed by atoms with van der Waals surface area (Å²) in [5.74, 6) is -0.152. The van der Waals surface area contributed by atoms with E-state index in [2.05, 4.69) is 32.5 Å². The number of carbonyl (C=O) groups is 1. The maximum Gasteiger partial charge on any atom is 0.277 e. The number of rotatable bonds is 5. The maximum absolute atomic E-state index is 13.4. The number of ether oxygens (including phenoxy) is 1. The Balaban J connectivity index is 1.55. The van der Waals surface area contributed by atoms with Gasteiger partial charge in [0.1, 0.15) is 11.6 Å². The molecule has 0 saturated heterocycles. The van der Waals surface area contributed by atoms with E-state index >= 15 is 0 Å². The summed E-state index contributed by atoms with van der Waals surface area (Å²) in [6.45, 7) is -0.161. The molecule has 0 heterocycles. The van der Waals surface area contributed by atoms with Crippen LogP contribution in [0.2, 0.25) is 0 Å². The van der Waals surface area contributed by atoms with Crippen molar-refractivity contribution >= 4 is 28.1 Å². The molecule has 0 atom stereocenters. The van der Waals surface area contributed by atoms with Gasteiger partial charge in [-0.05, 0) is 64.9 Å². The van der Waals surface area contributed by atoms with E-state index in [0.717, 1.165) is 17.3 Å². The van der Waals surface area contributed by atoms with Crippen molar-refractivity contribution in [1.82, 2.24) is 5.43 Å². The fourth-order valence-electron chi connectivity index (χ4n) is 2.80. The van der Waals surface area contributed by atoms with Gasteiger partial charge in [-0.15, -0.1) is 0 Å². The highest BCUT2D eigenvalue weighted by Crippen LogP contribution is 2.35. The number of amides is 1. The van der Waals surface area contributed by atoms with Crippen LogP contribution >= 0.6 is 15.9 Å². The standard InChI is InChI=1S/C19H18BrFN2O2/c20-19-15-7-3-1-5-13(15)9-10-17(19)25-12-18(24)23-22-11-14-6-2-4-8-16(14)21/h2,4,6,8-11H,1,3,5,7,12H2,(H,23,24)/b22-11+. The fourth-order valence-corrected chi connectivity index (χ4v) is 3.50. The highest BCUT2D eigenvalue weighted by molar-refractivity contribution is 9.10. The van der Waals surface area contributed by atoms with Crippen LogP contribution < -0.4 is 10.2 Å². The van der Waals surface area contributed by atoms with Gasteiger partial charge in [0.2, 0.25) is 0 Å². The molecule has 0 radical (unpaired) electrons. The minimum absolute atomic E-state index is 0.161. The third-order valence-corrected chi connectivity index (χ3v) is 4.95. The largest absolute Gasteiger partial charge is 0.483 e. The van der Waals surface area contributed by atoms with Gasteiger partial charge in [-0.2, -0.15) is 5.10 Å². The van der Waals surface area contributed by atoms with E-state index in [1.165, 1.54) is 36.2 Å². The second kappa shape index (κ2) is 8.25. The van der Waals surface area contributed by atoms with E-state index in [9.17, 15) is 9.18 Å². The summed E-state index contributed by atoms with van der Waals surface area (Å²) in [5, 5.41) is 3.75. The van der Waals surface area contributed by atoms with Gasteiger partial charge in [0.05, 0.1) is 10.7 Å². The van der Waals surface area contributed by atoms with Gasteiger partial charge in [-0.3, -0.25) is 4.79 Å². The topological polar surface area (TPSA) is 50.7 Å². The van der Waals surface area contributed by atoms with E-state index in [0.29, 0.717) is 11.3 Å². The Morgan fingerprint density at radius 1 is 1.24 bits per heavy atom. The van der Waals surface area contributed by atoms with Gasteiger partial charge in [0.25, 0.3) is 5.91 Å². The van der Waals surface area contributed by atoms with Crippen LogP contribution in [0.1, 0.15) is 29.5 Å². The normalized spacial score (nSPS) is 13.5. The first-order valence-corrected chi connectivity index (χ1v) is 8.94. The summed E-state index contributed by atoms with van der Waals surface area (Å²) in [7, 11) is 0. The summed E-state index contributed by atoms with van der Waals surface area (Å²) in [6, 6.07) is 10.1. The number of halogens is 2. The van der Waals surface area contributed by atoms with Crippen LogP contribution in [-0.4, -0.2) is 18.7 Å². The molecule has 0 spiro atoms. The zero-order valence-electron chi connectivity index (χ0n) is 13.6. The number of hydrogen-bond acceptors (Lipinski definition) is 3. The second-order valence-electron chi connectivity index (χ2n) is 5.83. The Morgan fingerprint density at radius 2 is 2.04 bits per heavy atom. The molecular formula is C19H18BrFN2O2. The van der Waals surface area contributed by atoms with Crippen molar-refractivity contribution < 1.29 is 13.9 Å². The first-order valence-electron chi connectivity index (χ1n) is 8.14. The molecule has 0 bridgehead atoms. The first kappa shape index (κ1) is 17.6. The van der Waals surface area contributed by atoms with E-state index in [-0.39, 0.29) is 6.61 Å². The summed E-state index contributed by atoms with van der Waals surface area (Å²) in [6.07, 6.45) is 5.75. The highest BCUT2D eigenvalue weighted by Gasteiger charge is 2.16. The monoisotopic (exact) mass is 404 g/mol. The number of carbonyl (C=O) groups excluding carboxylic acids is 1. The summed E-state index contributed by atoms with van der Waals surface area (Å²) < 4.78 is 19.9. The lowest BCUT2D eigenvalue weighted by atomic mass is 9.92. The van der Waals surface area contributed by atoms with Gasteiger partial charge >= 0.3 is 0 Å². The Morgan fingerprint density at radius 3 is 2.88 bits per heavy atom. The second-order valence-corrected chi connectivity index (χ2v) is 6.62. The lowest BCUT2D eigenvalue weighted by molar-refractivity contribution is -0.123. The van der Waals surface area contributed by atoms with Crippen molar-refractivity contribution in [3.05, 3.63) is 63.4 Å². The minimum atomic E-state index is -0.405. The molecule has 1 N–H and O–H groups in total. The molecule has 0 unspecified atom stereocenters. The Bertz CT molecular complexity index is 808. The van der Waals surface area contributed by atoms with Gasteiger partial charge in [0, 0.05) is 5.56 Å². The molecule has 1 aliphatic carbocycles. The molecule has 3 rings (SSSR count). The summed E-state index contributed by atoms with van der Waals surface area (Å²) in [5.41, 5.74) is 5.24. The molecule has 25 heavy (non-hydrogen) atoms. The van der Waals surface area contributed by atoms with E-state index in [1.807, 2.05) is 6.07 Å². The van der Waals surface area contributed by atoms with Crippen LogP contribution in [-0.2, 0) is 17.6 Å². The quantitative estimate of drug-likeness (QED) is 0.604. The zero-order valence-corrected chi connectivity index (χ0v) is 15.2. The van der Waals surface area contributed by atoms with Crippen molar-refractivity contribution in [3.8, 4) is 5.75 Å². The smallest absolute Gasteiger partial charge is 0.277 e. The predicted molar refractivity (Wildman–Crippen MR) is 98.4 cm³/mol. The first-order chi connectivity index (χ1) is 12.1. The molecule has 2 aromatic rings. The Labute approximate surface area is 154 Å². The van der Waals surface area contributed by atoms with Gasteiger partial charge in [-0.25, -0.2) is 9.82 Å². The number of nitrogens with zero attached hydrogens (tertiary/aromatic N) is 1.